The molecule has 9 nitrogen and oxygen atoms in total. The third-order valence-corrected chi connectivity index (χ3v) is 7.52. The molecule has 0 radical (unpaired) electrons. The van der Waals surface area contributed by atoms with Gasteiger partial charge in [0.05, 0.1) is 30.5 Å². The number of ether oxygens (including phenoxy) is 3. The predicted molar refractivity (Wildman–Crippen MR) is 157 cm³/mol. The summed E-state index contributed by atoms with van der Waals surface area (Å²) in [5.74, 6) is -1.41. The number of amides is 1. The lowest BCUT2D eigenvalue weighted by molar-refractivity contribution is -0.132. The summed E-state index contributed by atoms with van der Waals surface area (Å²) in [7, 11) is 0. The van der Waals surface area contributed by atoms with Gasteiger partial charge in [-0.15, -0.1) is 0 Å². The lowest BCUT2D eigenvalue weighted by Crippen LogP contribution is -2.29. The maximum Gasteiger partial charge on any atom is 0.350 e. The van der Waals surface area contributed by atoms with E-state index in [0.29, 0.717) is 47.1 Å². The molecule has 4 rings (SSSR count). The van der Waals surface area contributed by atoms with E-state index in [2.05, 4.69) is 11.6 Å². The van der Waals surface area contributed by atoms with E-state index in [4.69, 9.17) is 14.2 Å². The van der Waals surface area contributed by atoms with Crippen molar-refractivity contribution in [3.05, 3.63) is 88.0 Å². The fourth-order valence-corrected chi connectivity index (χ4v) is 5.46. The van der Waals surface area contributed by atoms with Crippen molar-refractivity contribution in [3.8, 4) is 11.5 Å². The Kier molecular flexibility index (Phi) is 9.24. The molecule has 0 bridgehead atoms. The van der Waals surface area contributed by atoms with Gasteiger partial charge in [-0.2, -0.15) is 0 Å². The van der Waals surface area contributed by atoms with Gasteiger partial charge in [-0.3, -0.25) is 14.5 Å². The Morgan fingerprint density at radius 3 is 2.44 bits per heavy atom. The molecule has 1 unspecified atom stereocenters. The van der Waals surface area contributed by atoms with Crippen LogP contribution in [0.3, 0.4) is 0 Å². The molecule has 0 aliphatic carbocycles. The average Bonchev–Trinajstić information content (AvgIpc) is 3.47. The summed E-state index contributed by atoms with van der Waals surface area (Å²) in [6, 6.07) is 11.0. The van der Waals surface area contributed by atoms with Gasteiger partial charge >= 0.3 is 11.9 Å². The summed E-state index contributed by atoms with van der Waals surface area (Å²) in [4.78, 5) is 45.5. The number of hydrogen-bond acceptors (Lipinski definition) is 9. The quantitative estimate of drug-likeness (QED) is 0.0984. The van der Waals surface area contributed by atoms with E-state index >= 15 is 0 Å². The topological polar surface area (TPSA) is 115 Å². The molecule has 0 saturated carbocycles. The van der Waals surface area contributed by atoms with Crippen molar-refractivity contribution in [1.82, 2.24) is 4.98 Å². The normalized spacial score (nSPS) is 16.1. The number of carbonyl (C=O) groups excluding carboxylic acids is 3. The monoisotopic (exact) mass is 576 g/mol. The van der Waals surface area contributed by atoms with Crippen LogP contribution in [0, 0.1) is 13.8 Å². The standard InChI is InChI=1S/C31H32N2O7S/c1-6-15-39-21-11-9-20(10-12-21)25-24(26(34)23-14-13-22(17-18(23)4)40-16-7-2)27(35)29(36)33(25)31-32-19(5)28(41-31)30(37)38-8-3/h6,9-14,17,25,34H,1,7-8,15-16H2,2-5H3. The number of aromatic nitrogens is 1. The first-order valence-corrected chi connectivity index (χ1v) is 14.1. The molecule has 3 aromatic rings. The van der Waals surface area contributed by atoms with Gasteiger partial charge in [0.15, 0.2) is 5.13 Å². The Hall–Kier alpha value is -4.44. The third kappa shape index (κ3) is 6.02. The Morgan fingerprint density at radius 1 is 1.10 bits per heavy atom. The molecule has 1 fully saturated rings. The highest BCUT2D eigenvalue weighted by Gasteiger charge is 2.48. The number of thiazole rings is 1. The van der Waals surface area contributed by atoms with Crippen LogP contribution in [0.1, 0.15) is 58.4 Å². The molecule has 41 heavy (non-hydrogen) atoms. The molecule has 0 spiro atoms. The van der Waals surface area contributed by atoms with Crippen molar-refractivity contribution in [2.24, 2.45) is 0 Å². The number of carbonyl (C=O) groups is 3. The van der Waals surface area contributed by atoms with Crippen LogP contribution in [-0.4, -0.2) is 47.6 Å². The minimum absolute atomic E-state index is 0.0920. The maximum atomic E-state index is 13.6. The van der Waals surface area contributed by atoms with E-state index in [0.717, 1.165) is 17.8 Å². The van der Waals surface area contributed by atoms with Gasteiger partial charge in [-0.05, 0) is 68.7 Å². The van der Waals surface area contributed by atoms with Crippen LogP contribution in [0.2, 0.25) is 0 Å². The number of aryl methyl sites for hydroxylation is 2. The first-order chi connectivity index (χ1) is 19.7. The Balaban J connectivity index is 1.86. The predicted octanol–water partition coefficient (Wildman–Crippen LogP) is 5.92. The van der Waals surface area contributed by atoms with E-state index in [-0.39, 0.29) is 27.9 Å². The highest BCUT2D eigenvalue weighted by molar-refractivity contribution is 7.17. The van der Waals surface area contributed by atoms with Crippen LogP contribution in [0.4, 0.5) is 5.13 Å². The molecule has 1 aromatic heterocycles. The van der Waals surface area contributed by atoms with Gasteiger partial charge in [0.25, 0.3) is 5.78 Å². The van der Waals surface area contributed by atoms with E-state index in [1.165, 1.54) is 4.90 Å². The molecule has 2 heterocycles. The first-order valence-electron chi connectivity index (χ1n) is 13.2. The minimum atomic E-state index is -1.01. The number of ketones is 1. The molecule has 2 aromatic carbocycles. The summed E-state index contributed by atoms with van der Waals surface area (Å²) in [6.45, 7) is 11.8. The average molecular weight is 577 g/mol. The van der Waals surface area contributed by atoms with Crippen LogP contribution in [-0.2, 0) is 14.3 Å². The highest BCUT2D eigenvalue weighted by atomic mass is 32.1. The summed E-state index contributed by atoms with van der Waals surface area (Å²) in [5.41, 5.74) is 1.89. The first kappa shape index (κ1) is 29.5. The second-order valence-corrected chi connectivity index (χ2v) is 10.3. The number of benzene rings is 2. The smallest absolute Gasteiger partial charge is 0.350 e. The van der Waals surface area contributed by atoms with Gasteiger partial charge < -0.3 is 19.3 Å². The highest BCUT2D eigenvalue weighted by Crippen LogP contribution is 2.44. The Labute approximate surface area is 242 Å². The second kappa shape index (κ2) is 12.8. The molecule has 1 aliphatic rings. The van der Waals surface area contributed by atoms with Gasteiger partial charge in [-0.1, -0.05) is 43.0 Å². The SMILES string of the molecule is C=CCOc1ccc(C2C(=C(O)c3ccc(OCCC)cc3C)C(=O)C(=O)N2c2nc(C)c(C(=O)OCC)s2)cc1. The van der Waals surface area contributed by atoms with Crippen molar-refractivity contribution in [2.75, 3.05) is 24.7 Å². The zero-order chi connectivity index (χ0) is 29.7. The van der Waals surface area contributed by atoms with Gasteiger partial charge in [-0.25, -0.2) is 9.78 Å². The van der Waals surface area contributed by atoms with Crippen LogP contribution in [0.15, 0.2) is 60.7 Å². The minimum Gasteiger partial charge on any atom is -0.507 e. The molecule has 10 heteroatoms. The third-order valence-electron chi connectivity index (χ3n) is 6.39. The molecule has 1 aliphatic heterocycles. The van der Waals surface area contributed by atoms with Gasteiger partial charge in [0.1, 0.15) is 28.7 Å². The van der Waals surface area contributed by atoms with E-state index < -0.39 is 23.7 Å². The number of Topliss-reactive ketones (excluding diaryl/α,β-unsaturated/α-hetero) is 1. The molecular formula is C31H32N2O7S. The van der Waals surface area contributed by atoms with Crippen molar-refractivity contribution >= 4 is 39.9 Å². The molecular weight excluding hydrogens is 544 g/mol. The number of rotatable bonds is 11. The summed E-state index contributed by atoms with van der Waals surface area (Å²) >= 11 is 0.956. The molecule has 1 atom stereocenters. The molecule has 1 N–H and O–H groups in total. The fraction of sp³-hybridized carbons (Fsp3) is 0.290. The van der Waals surface area contributed by atoms with Crippen LogP contribution < -0.4 is 14.4 Å². The maximum absolute atomic E-state index is 13.6. The number of nitrogens with zero attached hydrogens (tertiary/aromatic N) is 2. The largest absolute Gasteiger partial charge is 0.507 e. The van der Waals surface area contributed by atoms with E-state index in [9.17, 15) is 19.5 Å². The van der Waals surface area contributed by atoms with Crippen LogP contribution in [0.25, 0.3) is 5.76 Å². The van der Waals surface area contributed by atoms with E-state index in [1.807, 2.05) is 6.92 Å². The van der Waals surface area contributed by atoms with Crippen LogP contribution in [0.5, 0.6) is 11.5 Å². The molecule has 1 amide bonds. The zero-order valence-corrected chi connectivity index (χ0v) is 24.2. The summed E-state index contributed by atoms with van der Waals surface area (Å²) < 4.78 is 16.4. The van der Waals surface area contributed by atoms with Gasteiger partial charge in [0.2, 0.25) is 0 Å². The van der Waals surface area contributed by atoms with E-state index in [1.54, 1.807) is 69.3 Å². The number of anilines is 1. The number of aliphatic hydroxyl groups is 1. The zero-order valence-electron chi connectivity index (χ0n) is 23.4. The lowest BCUT2D eigenvalue weighted by Gasteiger charge is -2.23. The van der Waals surface area contributed by atoms with Crippen molar-refractivity contribution in [2.45, 2.75) is 40.2 Å². The summed E-state index contributed by atoms with van der Waals surface area (Å²) in [5, 5.41) is 11.7. The number of esters is 1. The van der Waals surface area contributed by atoms with Crippen molar-refractivity contribution in [1.29, 1.82) is 0 Å². The van der Waals surface area contributed by atoms with Crippen molar-refractivity contribution < 1.29 is 33.7 Å². The molecule has 1 saturated heterocycles. The Bertz CT molecular complexity index is 1510. The Morgan fingerprint density at radius 2 is 1.80 bits per heavy atom. The summed E-state index contributed by atoms with van der Waals surface area (Å²) in [6.07, 6.45) is 2.46. The molecule has 214 valence electrons. The number of aliphatic hydroxyl groups excluding tert-OH is 1. The van der Waals surface area contributed by atoms with Gasteiger partial charge in [0, 0.05) is 5.56 Å². The number of hydrogen-bond donors (Lipinski definition) is 1. The van der Waals surface area contributed by atoms with Crippen molar-refractivity contribution in [3.63, 3.8) is 0 Å². The second-order valence-electron chi connectivity index (χ2n) is 9.29. The fourth-order valence-electron chi connectivity index (χ4n) is 4.47. The lowest BCUT2D eigenvalue weighted by atomic mass is 9.94. The van der Waals surface area contributed by atoms with Crippen LogP contribution >= 0.6 is 11.3 Å².